The number of carboxylic acids is 1. The van der Waals surface area contributed by atoms with Gasteiger partial charge in [-0.25, -0.2) is 9.48 Å². The van der Waals surface area contributed by atoms with E-state index in [1.165, 1.54) is 5.56 Å². The molecule has 0 unspecified atom stereocenters. The van der Waals surface area contributed by atoms with E-state index >= 15 is 0 Å². The van der Waals surface area contributed by atoms with Crippen molar-refractivity contribution >= 4 is 5.97 Å². The summed E-state index contributed by atoms with van der Waals surface area (Å²) < 4.78 is 1.82. The molecule has 132 valence electrons. The van der Waals surface area contributed by atoms with Crippen LogP contribution in [0, 0.1) is 0 Å². The second kappa shape index (κ2) is 7.05. The first-order chi connectivity index (χ1) is 12.7. The summed E-state index contributed by atoms with van der Waals surface area (Å²) >= 11 is 0. The monoisotopic (exact) mass is 349 g/mol. The number of carboxylic acid groups (broad SMARTS) is 1. The van der Waals surface area contributed by atoms with Gasteiger partial charge < -0.3 is 5.11 Å². The molecule has 7 nitrogen and oxygen atoms in total. The first kappa shape index (κ1) is 16.4. The maximum atomic E-state index is 11.2. The maximum Gasteiger partial charge on any atom is 0.335 e. The second-order valence-corrected chi connectivity index (χ2v) is 6.49. The van der Waals surface area contributed by atoms with E-state index in [-0.39, 0.29) is 0 Å². The second-order valence-electron chi connectivity index (χ2n) is 6.49. The van der Waals surface area contributed by atoms with Gasteiger partial charge in [0.15, 0.2) is 5.82 Å². The normalized spacial score (nSPS) is 14.2. The predicted molar refractivity (Wildman–Crippen MR) is 94.6 cm³/mol. The van der Waals surface area contributed by atoms with Crippen LogP contribution in [0.4, 0.5) is 0 Å². The number of aromatic carboxylic acids is 1. The SMILES string of the molecule is O=C(O)c1ccc2c(c1)CN(Cc1nnnn1Cc1ccccc1)CC2. The van der Waals surface area contributed by atoms with E-state index in [2.05, 4.69) is 32.6 Å². The minimum atomic E-state index is -0.892. The molecule has 7 heteroatoms. The molecular weight excluding hydrogens is 330 g/mol. The van der Waals surface area contributed by atoms with E-state index in [0.29, 0.717) is 25.2 Å². The Hall–Kier alpha value is -3.06. The number of rotatable bonds is 5. The highest BCUT2D eigenvalue weighted by Crippen LogP contribution is 2.21. The molecule has 0 aliphatic carbocycles. The Kier molecular flexibility index (Phi) is 4.45. The Morgan fingerprint density at radius 1 is 1.08 bits per heavy atom. The highest BCUT2D eigenvalue weighted by atomic mass is 16.4. The van der Waals surface area contributed by atoms with Gasteiger partial charge in [0, 0.05) is 13.1 Å². The fourth-order valence-corrected chi connectivity index (χ4v) is 3.30. The number of fused-ring (bicyclic) bond motifs is 1. The van der Waals surface area contributed by atoms with Gasteiger partial charge in [0.25, 0.3) is 0 Å². The van der Waals surface area contributed by atoms with Crippen LogP contribution in [0.3, 0.4) is 0 Å². The van der Waals surface area contributed by atoms with Crippen molar-refractivity contribution < 1.29 is 9.90 Å². The van der Waals surface area contributed by atoms with E-state index in [4.69, 9.17) is 0 Å². The van der Waals surface area contributed by atoms with Gasteiger partial charge in [0.2, 0.25) is 0 Å². The van der Waals surface area contributed by atoms with Gasteiger partial charge in [-0.15, -0.1) is 5.10 Å². The van der Waals surface area contributed by atoms with Crippen LogP contribution in [-0.2, 0) is 26.1 Å². The molecule has 0 atom stereocenters. The summed E-state index contributed by atoms with van der Waals surface area (Å²) in [7, 11) is 0. The van der Waals surface area contributed by atoms with Gasteiger partial charge in [-0.3, -0.25) is 4.90 Å². The fraction of sp³-hybridized carbons (Fsp3) is 0.263. The van der Waals surface area contributed by atoms with E-state index in [1.54, 1.807) is 12.1 Å². The zero-order valence-corrected chi connectivity index (χ0v) is 14.2. The molecule has 1 aliphatic heterocycles. The van der Waals surface area contributed by atoms with Gasteiger partial charge >= 0.3 is 5.97 Å². The summed E-state index contributed by atoms with van der Waals surface area (Å²) in [4.78, 5) is 13.5. The van der Waals surface area contributed by atoms with Gasteiger partial charge in [-0.2, -0.15) is 0 Å². The minimum absolute atomic E-state index is 0.333. The minimum Gasteiger partial charge on any atom is -0.478 e. The number of nitrogens with zero attached hydrogens (tertiary/aromatic N) is 5. The summed E-state index contributed by atoms with van der Waals surface area (Å²) in [5, 5.41) is 21.3. The molecule has 26 heavy (non-hydrogen) atoms. The summed E-state index contributed by atoms with van der Waals surface area (Å²) in [5.74, 6) is -0.0802. The van der Waals surface area contributed by atoms with E-state index in [9.17, 15) is 9.90 Å². The predicted octanol–water partition coefficient (Wildman–Crippen LogP) is 1.98. The van der Waals surface area contributed by atoms with E-state index < -0.39 is 5.97 Å². The lowest BCUT2D eigenvalue weighted by Crippen LogP contribution is -2.31. The molecule has 0 saturated heterocycles. The van der Waals surface area contributed by atoms with Crippen molar-refractivity contribution in [3.63, 3.8) is 0 Å². The van der Waals surface area contributed by atoms with Crippen LogP contribution in [-0.4, -0.2) is 42.7 Å². The number of aromatic nitrogens is 4. The third kappa shape index (κ3) is 3.48. The molecule has 0 fully saturated rings. The van der Waals surface area contributed by atoms with Crippen LogP contribution in [0.2, 0.25) is 0 Å². The first-order valence-corrected chi connectivity index (χ1v) is 8.55. The maximum absolute atomic E-state index is 11.2. The van der Waals surface area contributed by atoms with E-state index in [0.717, 1.165) is 29.9 Å². The third-order valence-electron chi connectivity index (χ3n) is 4.69. The molecule has 0 amide bonds. The Balaban J connectivity index is 1.48. The van der Waals surface area contributed by atoms with Crippen LogP contribution in [0.15, 0.2) is 48.5 Å². The van der Waals surface area contributed by atoms with Gasteiger partial charge in [0.05, 0.1) is 18.7 Å². The molecule has 1 aliphatic rings. The standard InChI is InChI=1S/C19H19N5O2/c25-19(26)16-7-6-15-8-9-23(12-17(15)10-16)13-18-20-21-22-24(18)11-14-4-2-1-3-5-14/h1-7,10H,8-9,11-13H2,(H,25,26). The quantitative estimate of drug-likeness (QED) is 0.758. The molecule has 1 N–H and O–H groups in total. The van der Waals surface area contributed by atoms with Crippen molar-refractivity contribution in [2.45, 2.75) is 26.1 Å². The molecule has 3 aromatic rings. The number of hydrogen-bond acceptors (Lipinski definition) is 5. The zero-order chi connectivity index (χ0) is 17.9. The Labute approximate surface area is 150 Å². The zero-order valence-electron chi connectivity index (χ0n) is 14.2. The molecule has 2 heterocycles. The summed E-state index contributed by atoms with van der Waals surface area (Å²) in [6.07, 6.45) is 0.898. The van der Waals surface area contributed by atoms with Crippen molar-refractivity contribution in [1.29, 1.82) is 0 Å². The smallest absolute Gasteiger partial charge is 0.335 e. The topological polar surface area (TPSA) is 84.1 Å². The average Bonchev–Trinajstić information content (AvgIpc) is 3.08. The van der Waals surface area contributed by atoms with Crippen LogP contribution in [0.5, 0.6) is 0 Å². The number of tetrazole rings is 1. The first-order valence-electron chi connectivity index (χ1n) is 8.55. The lowest BCUT2D eigenvalue weighted by atomic mass is 9.97. The summed E-state index contributed by atoms with van der Waals surface area (Å²) in [5.41, 5.74) is 3.77. The number of benzene rings is 2. The van der Waals surface area contributed by atoms with Crippen molar-refractivity contribution in [3.8, 4) is 0 Å². The van der Waals surface area contributed by atoms with Crippen molar-refractivity contribution in [3.05, 3.63) is 76.6 Å². The van der Waals surface area contributed by atoms with E-state index in [1.807, 2.05) is 28.9 Å². The van der Waals surface area contributed by atoms with Crippen LogP contribution in [0.1, 0.15) is 32.9 Å². The molecular formula is C19H19N5O2. The Bertz CT molecular complexity index is 923. The molecule has 1 aromatic heterocycles. The molecule has 0 saturated carbocycles. The lowest BCUT2D eigenvalue weighted by Gasteiger charge is -2.28. The van der Waals surface area contributed by atoms with Crippen LogP contribution >= 0.6 is 0 Å². The summed E-state index contributed by atoms with van der Waals surface area (Å²) in [6.45, 7) is 2.87. The van der Waals surface area contributed by atoms with Crippen molar-refractivity contribution in [1.82, 2.24) is 25.1 Å². The largest absolute Gasteiger partial charge is 0.478 e. The van der Waals surface area contributed by atoms with Crippen molar-refractivity contribution in [2.24, 2.45) is 0 Å². The third-order valence-corrected chi connectivity index (χ3v) is 4.69. The molecule has 2 aromatic carbocycles. The Morgan fingerprint density at radius 3 is 2.73 bits per heavy atom. The van der Waals surface area contributed by atoms with Crippen LogP contribution < -0.4 is 0 Å². The van der Waals surface area contributed by atoms with Gasteiger partial charge in [-0.05, 0) is 45.7 Å². The highest BCUT2D eigenvalue weighted by Gasteiger charge is 2.20. The molecule has 4 rings (SSSR count). The fourth-order valence-electron chi connectivity index (χ4n) is 3.30. The van der Waals surface area contributed by atoms with Crippen LogP contribution in [0.25, 0.3) is 0 Å². The van der Waals surface area contributed by atoms with Gasteiger partial charge in [-0.1, -0.05) is 36.4 Å². The van der Waals surface area contributed by atoms with Gasteiger partial charge in [0.1, 0.15) is 0 Å². The number of hydrogen-bond donors (Lipinski definition) is 1. The van der Waals surface area contributed by atoms with Crippen molar-refractivity contribution in [2.75, 3.05) is 6.54 Å². The molecule has 0 spiro atoms. The molecule has 0 radical (unpaired) electrons. The lowest BCUT2D eigenvalue weighted by molar-refractivity contribution is 0.0696. The number of carbonyl (C=O) groups is 1. The summed E-state index contributed by atoms with van der Waals surface area (Å²) in [6, 6.07) is 15.5. The average molecular weight is 349 g/mol. The molecule has 0 bridgehead atoms. The highest BCUT2D eigenvalue weighted by molar-refractivity contribution is 5.87. The Morgan fingerprint density at radius 2 is 1.92 bits per heavy atom.